The summed E-state index contributed by atoms with van der Waals surface area (Å²) < 4.78 is 10.6. The standard InChI is InChI=1S/C27H33N3O4/c1-4-34-27(32)24-10-5-6-15-29(24)18-26(31)30-25(20-11-13-22(33-3)14-12-20)17-23(28-30)21-9-7-8-19(2)16-21/h7-9,11-14,16,24-25H,4-6,10,15,17-18H2,1-3H3. The van der Waals surface area contributed by atoms with Gasteiger partial charge in [-0.25, -0.2) is 5.01 Å². The fourth-order valence-corrected chi connectivity index (χ4v) is 4.76. The van der Waals surface area contributed by atoms with Gasteiger partial charge in [-0.1, -0.05) is 48.4 Å². The summed E-state index contributed by atoms with van der Waals surface area (Å²) in [5.41, 5.74) is 4.06. The van der Waals surface area contributed by atoms with Crippen molar-refractivity contribution in [3.63, 3.8) is 0 Å². The lowest BCUT2D eigenvalue weighted by atomic mass is 9.97. The molecule has 0 N–H and O–H groups in total. The van der Waals surface area contributed by atoms with Crippen molar-refractivity contribution in [2.24, 2.45) is 5.10 Å². The summed E-state index contributed by atoms with van der Waals surface area (Å²) in [5.74, 6) is 0.414. The van der Waals surface area contributed by atoms with Crippen LogP contribution in [-0.2, 0) is 14.3 Å². The first kappa shape index (κ1) is 24.0. The van der Waals surface area contributed by atoms with E-state index in [2.05, 4.69) is 19.1 Å². The van der Waals surface area contributed by atoms with E-state index in [9.17, 15) is 9.59 Å². The van der Waals surface area contributed by atoms with Crippen LogP contribution in [0, 0.1) is 6.92 Å². The Morgan fingerprint density at radius 1 is 1.12 bits per heavy atom. The maximum absolute atomic E-state index is 13.6. The van der Waals surface area contributed by atoms with Gasteiger partial charge in [0.25, 0.3) is 5.91 Å². The number of hydrogen-bond donors (Lipinski definition) is 0. The number of benzene rings is 2. The second-order valence-corrected chi connectivity index (χ2v) is 8.88. The molecule has 0 bridgehead atoms. The number of piperidine rings is 1. The van der Waals surface area contributed by atoms with Gasteiger partial charge in [0.2, 0.25) is 0 Å². The molecule has 7 heteroatoms. The third kappa shape index (κ3) is 5.30. The van der Waals surface area contributed by atoms with E-state index >= 15 is 0 Å². The topological polar surface area (TPSA) is 71.4 Å². The molecule has 0 radical (unpaired) electrons. The Morgan fingerprint density at radius 2 is 1.91 bits per heavy atom. The number of amides is 1. The van der Waals surface area contributed by atoms with Crippen LogP contribution in [0.4, 0.5) is 0 Å². The average Bonchev–Trinajstić information content (AvgIpc) is 3.30. The van der Waals surface area contributed by atoms with Crippen LogP contribution in [0.25, 0.3) is 0 Å². The van der Waals surface area contributed by atoms with Gasteiger partial charge in [0.15, 0.2) is 0 Å². The van der Waals surface area contributed by atoms with Crippen molar-refractivity contribution in [2.45, 2.75) is 51.6 Å². The first-order valence-electron chi connectivity index (χ1n) is 12.0. The van der Waals surface area contributed by atoms with Gasteiger partial charge in [-0.3, -0.25) is 14.5 Å². The number of carbonyl (C=O) groups is 2. The van der Waals surface area contributed by atoms with E-state index in [0.717, 1.165) is 41.0 Å². The Hall–Kier alpha value is -3.19. The molecule has 0 saturated carbocycles. The van der Waals surface area contributed by atoms with Gasteiger partial charge < -0.3 is 9.47 Å². The highest BCUT2D eigenvalue weighted by atomic mass is 16.5. The first-order chi connectivity index (χ1) is 16.5. The number of ether oxygens (including phenoxy) is 2. The van der Waals surface area contributed by atoms with Gasteiger partial charge in [0.1, 0.15) is 11.8 Å². The number of aryl methyl sites for hydroxylation is 1. The molecule has 1 amide bonds. The van der Waals surface area contributed by atoms with E-state index in [1.807, 2.05) is 41.3 Å². The van der Waals surface area contributed by atoms with Crippen molar-refractivity contribution in [1.29, 1.82) is 0 Å². The Labute approximate surface area is 201 Å². The van der Waals surface area contributed by atoms with Crippen LogP contribution in [0.3, 0.4) is 0 Å². The molecule has 7 nitrogen and oxygen atoms in total. The quantitative estimate of drug-likeness (QED) is 0.578. The van der Waals surface area contributed by atoms with Crippen molar-refractivity contribution in [2.75, 3.05) is 26.8 Å². The number of carbonyl (C=O) groups excluding carboxylic acids is 2. The highest BCUT2D eigenvalue weighted by molar-refractivity contribution is 6.03. The average molecular weight is 464 g/mol. The van der Waals surface area contributed by atoms with Gasteiger partial charge in [-0.05, 0) is 56.5 Å². The number of esters is 1. The fraction of sp³-hybridized carbons (Fsp3) is 0.444. The lowest BCUT2D eigenvalue weighted by Crippen LogP contribution is -2.49. The van der Waals surface area contributed by atoms with Crippen molar-refractivity contribution in [3.8, 4) is 5.75 Å². The molecule has 1 fully saturated rings. The number of hydrogen-bond acceptors (Lipinski definition) is 6. The summed E-state index contributed by atoms with van der Waals surface area (Å²) >= 11 is 0. The van der Waals surface area contributed by atoms with Crippen molar-refractivity contribution < 1.29 is 19.1 Å². The highest BCUT2D eigenvalue weighted by Gasteiger charge is 2.37. The van der Waals surface area contributed by atoms with Gasteiger partial charge >= 0.3 is 5.97 Å². The van der Waals surface area contributed by atoms with Crippen LogP contribution < -0.4 is 4.74 Å². The van der Waals surface area contributed by atoms with Crippen LogP contribution in [-0.4, -0.2) is 60.3 Å². The molecule has 0 aliphatic carbocycles. The van der Waals surface area contributed by atoms with Crippen LogP contribution >= 0.6 is 0 Å². The van der Waals surface area contributed by atoms with E-state index in [-0.39, 0.29) is 30.5 Å². The Morgan fingerprint density at radius 3 is 2.62 bits per heavy atom. The summed E-state index contributed by atoms with van der Waals surface area (Å²) in [6.45, 7) is 5.04. The monoisotopic (exact) mass is 463 g/mol. The van der Waals surface area contributed by atoms with Gasteiger partial charge in [-0.15, -0.1) is 0 Å². The van der Waals surface area contributed by atoms with Crippen molar-refractivity contribution in [1.82, 2.24) is 9.91 Å². The molecule has 4 rings (SSSR count). The predicted octanol–water partition coefficient (Wildman–Crippen LogP) is 4.10. The van der Waals surface area contributed by atoms with Crippen molar-refractivity contribution in [3.05, 3.63) is 65.2 Å². The van der Waals surface area contributed by atoms with Gasteiger partial charge in [-0.2, -0.15) is 5.10 Å². The summed E-state index contributed by atoms with van der Waals surface area (Å²) in [6, 6.07) is 15.4. The third-order valence-electron chi connectivity index (χ3n) is 6.53. The molecule has 34 heavy (non-hydrogen) atoms. The second kappa shape index (κ2) is 10.8. The molecule has 2 unspecified atom stereocenters. The van der Waals surface area contributed by atoms with E-state index in [0.29, 0.717) is 26.0 Å². The van der Waals surface area contributed by atoms with Gasteiger partial charge in [0, 0.05) is 6.42 Å². The predicted molar refractivity (Wildman–Crippen MR) is 131 cm³/mol. The second-order valence-electron chi connectivity index (χ2n) is 8.88. The van der Waals surface area contributed by atoms with E-state index < -0.39 is 0 Å². The molecule has 180 valence electrons. The van der Waals surface area contributed by atoms with Crippen LogP contribution in [0.15, 0.2) is 53.6 Å². The molecule has 2 atom stereocenters. The maximum Gasteiger partial charge on any atom is 0.323 e. The number of likely N-dealkylation sites (tertiary alicyclic amines) is 1. The molecule has 2 aliphatic heterocycles. The van der Waals surface area contributed by atoms with E-state index in [1.54, 1.807) is 19.0 Å². The molecule has 2 aromatic carbocycles. The third-order valence-corrected chi connectivity index (χ3v) is 6.53. The fourth-order valence-electron chi connectivity index (χ4n) is 4.76. The molecular weight excluding hydrogens is 430 g/mol. The van der Waals surface area contributed by atoms with Gasteiger partial charge in [0.05, 0.1) is 32.0 Å². The summed E-state index contributed by atoms with van der Waals surface area (Å²) in [5, 5.41) is 6.41. The lowest BCUT2D eigenvalue weighted by molar-refractivity contribution is -0.152. The Kier molecular flexibility index (Phi) is 7.63. The van der Waals surface area contributed by atoms with Crippen LogP contribution in [0.2, 0.25) is 0 Å². The largest absolute Gasteiger partial charge is 0.497 e. The SMILES string of the molecule is CCOC(=O)C1CCCCN1CC(=O)N1N=C(c2cccc(C)c2)CC1c1ccc(OC)cc1. The molecule has 2 heterocycles. The Balaban J connectivity index is 1.60. The highest BCUT2D eigenvalue weighted by Crippen LogP contribution is 2.34. The molecular formula is C27H33N3O4. The molecule has 2 aromatic rings. The van der Waals surface area contributed by atoms with E-state index in [4.69, 9.17) is 14.6 Å². The van der Waals surface area contributed by atoms with Crippen molar-refractivity contribution >= 4 is 17.6 Å². The van der Waals surface area contributed by atoms with Crippen LogP contribution in [0.5, 0.6) is 5.75 Å². The smallest absolute Gasteiger partial charge is 0.323 e. The number of hydrazone groups is 1. The molecule has 0 aromatic heterocycles. The minimum Gasteiger partial charge on any atom is -0.497 e. The molecule has 1 saturated heterocycles. The first-order valence-corrected chi connectivity index (χ1v) is 12.0. The zero-order valence-corrected chi connectivity index (χ0v) is 20.2. The minimum absolute atomic E-state index is 0.111. The number of rotatable bonds is 7. The molecule has 0 spiro atoms. The zero-order chi connectivity index (χ0) is 24.1. The normalized spacial score (nSPS) is 20.7. The van der Waals surface area contributed by atoms with Crippen LogP contribution in [0.1, 0.15) is 55.3 Å². The number of methoxy groups -OCH3 is 1. The van der Waals surface area contributed by atoms with E-state index in [1.165, 1.54) is 0 Å². The summed E-state index contributed by atoms with van der Waals surface area (Å²) in [6.07, 6.45) is 3.26. The number of nitrogens with zero attached hydrogens (tertiary/aromatic N) is 3. The zero-order valence-electron chi connectivity index (χ0n) is 20.2. The lowest BCUT2D eigenvalue weighted by Gasteiger charge is -2.34. The summed E-state index contributed by atoms with van der Waals surface area (Å²) in [4.78, 5) is 28.0. The molecule has 2 aliphatic rings. The maximum atomic E-state index is 13.6. The minimum atomic E-state index is -0.375. The summed E-state index contributed by atoms with van der Waals surface area (Å²) in [7, 11) is 1.64. The Bertz CT molecular complexity index is 1050.